The van der Waals surface area contributed by atoms with Crippen molar-refractivity contribution in [2.75, 3.05) is 0 Å². The highest BCUT2D eigenvalue weighted by atomic mass is 79.9. The molecule has 4 nitrogen and oxygen atoms in total. The Kier molecular flexibility index (Phi) is 5.20. The highest BCUT2D eigenvalue weighted by Crippen LogP contribution is 2.33. The second kappa shape index (κ2) is 7.22. The fraction of sp³-hybridized carbons (Fsp3) is 0.263. The van der Waals surface area contributed by atoms with Crippen molar-refractivity contribution >= 4 is 44.9 Å². The Labute approximate surface area is 160 Å². The van der Waals surface area contributed by atoms with E-state index in [1.54, 1.807) is 6.08 Å². The van der Waals surface area contributed by atoms with Gasteiger partial charge in [-0.1, -0.05) is 28.1 Å². The third kappa shape index (κ3) is 3.90. The van der Waals surface area contributed by atoms with Crippen LogP contribution < -0.4 is 0 Å². The first-order chi connectivity index (χ1) is 11.8. The van der Waals surface area contributed by atoms with Crippen LogP contribution in [0.1, 0.15) is 36.7 Å². The molecule has 2 aromatic rings. The van der Waals surface area contributed by atoms with E-state index in [0.717, 1.165) is 33.1 Å². The lowest BCUT2D eigenvalue weighted by Crippen LogP contribution is -2.27. The molecular weight excluding hydrogens is 400 g/mol. The van der Waals surface area contributed by atoms with Crippen LogP contribution in [0, 0.1) is 6.92 Å². The van der Waals surface area contributed by atoms with Gasteiger partial charge < -0.3 is 4.57 Å². The standard InChI is InChI=1S/C19H19BrN2O2S/c1-12(2)21-11-15(8-13(21)3)9-17-18(23)22(19(24)25-17)10-14-4-6-16(20)7-5-14/h4-9,11-12H,10H2,1-3H3/b17-9+. The Morgan fingerprint density at radius 3 is 2.48 bits per heavy atom. The molecule has 1 aliphatic heterocycles. The maximum Gasteiger partial charge on any atom is 0.293 e. The molecule has 1 aliphatic rings. The van der Waals surface area contributed by atoms with Crippen LogP contribution in [-0.2, 0) is 11.3 Å². The van der Waals surface area contributed by atoms with Gasteiger partial charge in [0, 0.05) is 22.4 Å². The van der Waals surface area contributed by atoms with Crippen LogP contribution in [0.3, 0.4) is 0 Å². The molecule has 1 aromatic carbocycles. The van der Waals surface area contributed by atoms with Crippen molar-refractivity contribution in [2.45, 2.75) is 33.4 Å². The summed E-state index contributed by atoms with van der Waals surface area (Å²) < 4.78 is 3.12. The average molecular weight is 419 g/mol. The minimum atomic E-state index is -0.229. The Morgan fingerprint density at radius 1 is 1.20 bits per heavy atom. The third-order valence-electron chi connectivity index (χ3n) is 4.05. The van der Waals surface area contributed by atoms with Crippen LogP contribution >= 0.6 is 27.7 Å². The molecule has 0 radical (unpaired) electrons. The molecule has 0 unspecified atom stereocenters. The largest absolute Gasteiger partial charge is 0.349 e. The smallest absolute Gasteiger partial charge is 0.293 e. The van der Waals surface area contributed by atoms with Gasteiger partial charge in [-0.15, -0.1) is 0 Å². The Balaban J connectivity index is 1.80. The van der Waals surface area contributed by atoms with Gasteiger partial charge in [-0.3, -0.25) is 14.5 Å². The van der Waals surface area contributed by atoms with E-state index >= 15 is 0 Å². The van der Waals surface area contributed by atoms with Gasteiger partial charge in [-0.2, -0.15) is 0 Å². The third-order valence-corrected chi connectivity index (χ3v) is 5.49. The van der Waals surface area contributed by atoms with Crippen molar-refractivity contribution < 1.29 is 9.59 Å². The number of aromatic nitrogens is 1. The number of halogens is 1. The van der Waals surface area contributed by atoms with Crippen molar-refractivity contribution in [3.05, 3.63) is 62.7 Å². The summed E-state index contributed by atoms with van der Waals surface area (Å²) in [5.74, 6) is -0.229. The van der Waals surface area contributed by atoms with E-state index in [1.807, 2.05) is 43.5 Å². The number of benzene rings is 1. The van der Waals surface area contributed by atoms with Crippen molar-refractivity contribution in [1.29, 1.82) is 0 Å². The van der Waals surface area contributed by atoms with E-state index in [2.05, 4.69) is 34.3 Å². The van der Waals surface area contributed by atoms with Gasteiger partial charge in [-0.05, 0) is 67.9 Å². The second-order valence-electron chi connectivity index (χ2n) is 6.31. The number of imide groups is 1. The Morgan fingerprint density at radius 2 is 1.88 bits per heavy atom. The number of carbonyl (C=O) groups is 2. The van der Waals surface area contributed by atoms with Crippen LogP contribution in [0.25, 0.3) is 6.08 Å². The molecule has 0 atom stereocenters. The lowest BCUT2D eigenvalue weighted by atomic mass is 10.2. The van der Waals surface area contributed by atoms with Crippen LogP contribution in [0.4, 0.5) is 4.79 Å². The molecular formula is C19H19BrN2O2S. The van der Waals surface area contributed by atoms with E-state index in [-0.39, 0.29) is 11.1 Å². The van der Waals surface area contributed by atoms with Gasteiger partial charge in [0.2, 0.25) is 0 Å². The molecule has 6 heteroatoms. The van der Waals surface area contributed by atoms with Crippen molar-refractivity contribution in [3.8, 4) is 0 Å². The number of hydrogen-bond acceptors (Lipinski definition) is 3. The molecule has 0 saturated carbocycles. The lowest BCUT2D eigenvalue weighted by molar-refractivity contribution is -0.123. The summed E-state index contributed by atoms with van der Waals surface area (Å²) in [5.41, 5.74) is 3.00. The first-order valence-electron chi connectivity index (χ1n) is 8.03. The monoisotopic (exact) mass is 418 g/mol. The van der Waals surface area contributed by atoms with Crippen LogP contribution in [0.15, 0.2) is 45.9 Å². The van der Waals surface area contributed by atoms with Gasteiger partial charge in [0.25, 0.3) is 11.1 Å². The minimum Gasteiger partial charge on any atom is -0.349 e. The molecule has 0 spiro atoms. The molecule has 1 saturated heterocycles. The average Bonchev–Trinajstić information content (AvgIpc) is 3.04. The van der Waals surface area contributed by atoms with E-state index in [9.17, 15) is 9.59 Å². The molecule has 2 amide bonds. The zero-order valence-electron chi connectivity index (χ0n) is 14.3. The van der Waals surface area contributed by atoms with Gasteiger partial charge in [0.1, 0.15) is 0 Å². The van der Waals surface area contributed by atoms with Crippen molar-refractivity contribution in [2.24, 2.45) is 0 Å². The summed E-state index contributed by atoms with van der Waals surface area (Å²) in [6.07, 6.45) is 3.82. The van der Waals surface area contributed by atoms with E-state index in [4.69, 9.17) is 0 Å². The molecule has 3 rings (SSSR count). The maximum atomic E-state index is 12.6. The molecule has 0 bridgehead atoms. The normalized spacial score (nSPS) is 16.5. The van der Waals surface area contributed by atoms with E-state index < -0.39 is 0 Å². The Hall–Kier alpha value is -1.79. The molecule has 1 fully saturated rings. The summed E-state index contributed by atoms with van der Waals surface area (Å²) in [6, 6.07) is 10.0. The molecule has 130 valence electrons. The molecule has 0 N–H and O–H groups in total. The summed E-state index contributed by atoms with van der Waals surface area (Å²) in [5, 5.41) is -0.223. The zero-order chi connectivity index (χ0) is 18.1. The number of rotatable bonds is 4. The molecule has 1 aromatic heterocycles. The van der Waals surface area contributed by atoms with Crippen LogP contribution in [0.5, 0.6) is 0 Å². The zero-order valence-corrected chi connectivity index (χ0v) is 16.7. The molecule has 0 aliphatic carbocycles. The van der Waals surface area contributed by atoms with Gasteiger partial charge in [-0.25, -0.2) is 0 Å². The fourth-order valence-corrected chi connectivity index (χ4v) is 3.91. The molecule has 2 heterocycles. The maximum absolute atomic E-state index is 12.6. The van der Waals surface area contributed by atoms with Gasteiger partial charge in [0.15, 0.2) is 0 Å². The quantitative estimate of drug-likeness (QED) is 0.626. The summed E-state index contributed by atoms with van der Waals surface area (Å²) >= 11 is 4.39. The van der Waals surface area contributed by atoms with Crippen LogP contribution in [-0.4, -0.2) is 20.6 Å². The number of thioether (sulfide) groups is 1. The highest BCUT2D eigenvalue weighted by molar-refractivity contribution is 9.10. The van der Waals surface area contributed by atoms with Gasteiger partial charge in [0.05, 0.1) is 11.4 Å². The SMILES string of the molecule is Cc1cc(/C=C2/SC(=O)N(Cc3ccc(Br)cc3)C2=O)cn1C(C)C. The second-order valence-corrected chi connectivity index (χ2v) is 8.22. The number of carbonyl (C=O) groups excluding carboxylic acids is 2. The van der Waals surface area contributed by atoms with Crippen molar-refractivity contribution in [3.63, 3.8) is 0 Å². The molecule has 25 heavy (non-hydrogen) atoms. The number of amides is 2. The fourth-order valence-electron chi connectivity index (χ4n) is 2.81. The number of hydrogen-bond donors (Lipinski definition) is 0. The first kappa shape index (κ1) is 18.0. The van der Waals surface area contributed by atoms with Gasteiger partial charge >= 0.3 is 0 Å². The summed E-state index contributed by atoms with van der Waals surface area (Å²) in [7, 11) is 0. The minimum absolute atomic E-state index is 0.223. The number of nitrogens with zero attached hydrogens (tertiary/aromatic N) is 2. The topological polar surface area (TPSA) is 42.3 Å². The predicted molar refractivity (Wildman–Crippen MR) is 105 cm³/mol. The lowest BCUT2D eigenvalue weighted by Gasteiger charge is -2.12. The summed E-state index contributed by atoms with van der Waals surface area (Å²) in [4.78, 5) is 26.6. The number of aryl methyl sites for hydroxylation is 1. The summed E-state index contributed by atoms with van der Waals surface area (Å²) in [6.45, 7) is 6.56. The van der Waals surface area contributed by atoms with Crippen molar-refractivity contribution in [1.82, 2.24) is 9.47 Å². The van der Waals surface area contributed by atoms with Crippen LogP contribution in [0.2, 0.25) is 0 Å². The Bertz CT molecular complexity index is 853. The van der Waals surface area contributed by atoms with E-state index in [1.165, 1.54) is 4.90 Å². The first-order valence-corrected chi connectivity index (χ1v) is 9.64. The predicted octanol–water partition coefficient (Wildman–Crippen LogP) is 5.38. The highest BCUT2D eigenvalue weighted by Gasteiger charge is 2.35. The van der Waals surface area contributed by atoms with E-state index in [0.29, 0.717) is 17.5 Å².